The summed E-state index contributed by atoms with van der Waals surface area (Å²) in [6, 6.07) is 10.0. The summed E-state index contributed by atoms with van der Waals surface area (Å²) in [6.07, 6.45) is 3.63. The zero-order chi connectivity index (χ0) is 13.9. The van der Waals surface area contributed by atoms with Crippen LogP contribution in [0.15, 0.2) is 47.9 Å². The normalized spacial score (nSPS) is 10.8. The van der Waals surface area contributed by atoms with Crippen molar-refractivity contribution >= 4 is 28.5 Å². The van der Waals surface area contributed by atoms with Crippen molar-refractivity contribution in [3.05, 3.63) is 53.9 Å². The fraction of sp³-hybridized carbons (Fsp3) is 0.133. The van der Waals surface area contributed by atoms with Crippen LogP contribution in [0.2, 0.25) is 0 Å². The number of nitrogens with two attached hydrogens (primary N) is 1. The number of nitrogen functional groups attached to an aromatic ring is 1. The topological polar surface area (TPSA) is 64.7 Å². The van der Waals surface area contributed by atoms with Gasteiger partial charge in [-0.15, -0.1) is 0 Å². The van der Waals surface area contributed by atoms with Crippen LogP contribution in [-0.4, -0.2) is 15.0 Å². The van der Waals surface area contributed by atoms with Crippen molar-refractivity contribution in [2.24, 2.45) is 0 Å². The van der Waals surface area contributed by atoms with Gasteiger partial charge in [-0.05, 0) is 24.6 Å². The third-order valence-electron chi connectivity index (χ3n) is 2.95. The third kappa shape index (κ3) is 2.72. The number of nitrogens with zero attached hydrogens (tertiary/aromatic N) is 3. The highest BCUT2D eigenvalue weighted by Gasteiger charge is 2.06. The van der Waals surface area contributed by atoms with E-state index in [1.54, 1.807) is 11.8 Å². The van der Waals surface area contributed by atoms with Gasteiger partial charge in [0.05, 0.1) is 5.52 Å². The monoisotopic (exact) mass is 282 g/mol. The summed E-state index contributed by atoms with van der Waals surface area (Å²) in [4.78, 5) is 13.0. The van der Waals surface area contributed by atoms with Gasteiger partial charge >= 0.3 is 0 Å². The smallest absolute Gasteiger partial charge is 0.187 e. The molecule has 2 heterocycles. The average molecular weight is 282 g/mol. The quantitative estimate of drug-likeness (QED) is 0.590. The van der Waals surface area contributed by atoms with Crippen LogP contribution in [-0.2, 0) is 5.75 Å². The first kappa shape index (κ1) is 12.9. The highest BCUT2D eigenvalue weighted by atomic mass is 32.2. The Morgan fingerprint density at radius 2 is 1.90 bits per heavy atom. The van der Waals surface area contributed by atoms with E-state index in [1.165, 1.54) is 0 Å². The standard InChI is InChI=1S/C15H14N4S/c1-10-7-17-15(18-8-10)20-9-12-6-11-4-2-3-5-13(11)19-14(12)16/h2-8H,9H2,1H3,(H2,16,19). The molecule has 0 radical (unpaired) electrons. The average Bonchev–Trinajstić information content (AvgIpc) is 2.47. The molecule has 20 heavy (non-hydrogen) atoms. The zero-order valence-corrected chi connectivity index (χ0v) is 11.9. The molecule has 0 bridgehead atoms. The van der Waals surface area contributed by atoms with Gasteiger partial charge in [0.2, 0.25) is 0 Å². The highest BCUT2D eigenvalue weighted by molar-refractivity contribution is 7.98. The van der Waals surface area contributed by atoms with E-state index in [4.69, 9.17) is 5.73 Å². The lowest BCUT2D eigenvalue weighted by Gasteiger charge is -2.06. The van der Waals surface area contributed by atoms with Crippen molar-refractivity contribution in [2.45, 2.75) is 17.8 Å². The Balaban J connectivity index is 1.83. The molecule has 0 atom stereocenters. The van der Waals surface area contributed by atoms with Crippen LogP contribution in [0.1, 0.15) is 11.1 Å². The van der Waals surface area contributed by atoms with Crippen LogP contribution < -0.4 is 5.73 Å². The van der Waals surface area contributed by atoms with Crippen molar-refractivity contribution in [3.8, 4) is 0 Å². The number of aryl methyl sites for hydroxylation is 1. The van der Waals surface area contributed by atoms with Gasteiger partial charge in [-0.25, -0.2) is 15.0 Å². The van der Waals surface area contributed by atoms with Crippen molar-refractivity contribution in [1.82, 2.24) is 15.0 Å². The van der Waals surface area contributed by atoms with E-state index >= 15 is 0 Å². The molecule has 0 saturated heterocycles. The number of benzene rings is 1. The Bertz CT molecular complexity index is 740. The second-order valence-electron chi connectivity index (χ2n) is 4.56. The lowest BCUT2D eigenvalue weighted by molar-refractivity contribution is 0.949. The first-order chi connectivity index (χ1) is 9.72. The maximum atomic E-state index is 6.01. The number of hydrogen-bond acceptors (Lipinski definition) is 5. The van der Waals surface area contributed by atoms with E-state index in [0.717, 1.165) is 27.2 Å². The van der Waals surface area contributed by atoms with Crippen LogP contribution in [0.3, 0.4) is 0 Å². The van der Waals surface area contributed by atoms with Gasteiger partial charge in [0, 0.05) is 29.1 Å². The molecule has 0 amide bonds. The summed E-state index contributed by atoms with van der Waals surface area (Å²) in [5, 5.41) is 1.85. The van der Waals surface area contributed by atoms with Gasteiger partial charge in [-0.1, -0.05) is 30.0 Å². The van der Waals surface area contributed by atoms with Gasteiger partial charge < -0.3 is 5.73 Å². The number of anilines is 1. The first-order valence-electron chi connectivity index (χ1n) is 6.28. The number of aromatic nitrogens is 3. The molecular formula is C15H14N4S. The van der Waals surface area contributed by atoms with E-state index in [9.17, 15) is 0 Å². The van der Waals surface area contributed by atoms with Gasteiger partial charge in [0.15, 0.2) is 5.16 Å². The Labute approximate surface area is 121 Å². The summed E-state index contributed by atoms with van der Waals surface area (Å²) in [7, 11) is 0. The maximum Gasteiger partial charge on any atom is 0.187 e. The number of thioether (sulfide) groups is 1. The molecule has 4 nitrogen and oxygen atoms in total. The molecule has 5 heteroatoms. The van der Waals surface area contributed by atoms with E-state index < -0.39 is 0 Å². The molecule has 0 saturated carbocycles. The van der Waals surface area contributed by atoms with Crippen molar-refractivity contribution in [2.75, 3.05) is 5.73 Å². The minimum atomic E-state index is 0.573. The van der Waals surface area contributed by atoms with Crippen LogP contribution >= 0.6 is 11.8 Å². The molecular weight excluding hydrogens is 268 g/mol. The molecule has 2 aromatic heterocycles. The van der Waals surface area contributed by atoms with E-state index in [1.807, 2.05) is 43.6 Å². The number of pyridine rings is 1. The van der Waals surface area contributed by atoms with Crippen LogP contribution in [0.5, 0.6) is 0 Å². The van der Waals surface area contributed by atoms with Gasteiger partial charge in [-0.2, -0.15) is 0 Å². The largest absolute Gasteiger partial charge is 0.383 e. The lowest BCUT2D eigenvalue weighted by Crippen LogP contribution is -1.97. The third-order valence-corrected chi connectivity index (χ3v) is 3.87. The molecule has 0 spiro atoms. The predicted octanol–water partition coefficient (Wildman–Crippen LogP) is 3.21. The molecule has 100 valence electrons. The summed E-state index contributed by atoms with van der Waals surface area (Å²) in [5.41, 5.74) is 9.00. The number of rotatable bonds is 3. The molecule has 3 aromatic rings. The van der Waals surface area contributed by atoms with Crippen molar-refractivity contribution < 1.29 is 0 Å². The maximum absolute atomic E-state index is 6.01. The Kier molecular flexibility index (Phi) is 3.52. The van der Waals surface area contributed by atoms with Crippen LogP contribution in [0.25, 0.3) is 10.9 Å². The molecule has 0 fully saturated rings. The van der Waals surface area contributed by atoms with Gasteiger partial charge in [0.1, 0.15) is 5.82 Å². The zero-order valence-electron chi connectivity index (χ0n) is 11.1. The second-order valence-corrected chi connectivity index (χ2v) is 5.50. The number of hydrogen-bond donors (Lipinski definition) is 1. The highest BCUT2D eigenvalue weighted by Crippen LogP contribution is 2.25. The molecule has 0 unspecified atom stereocenters. The molecule has 0 aliphatic heterocycles. The molecule has 0 aliphatic carbocycles. The predicted molar refractivity (Wildman–Crippen MR) is 82.5 cm³/mol. The van der Waals surface area contributed by atoms with E-state index in [-0.39, 0.29) is 0 Å². The van der Waals surface area contributed by atoms with Gasteiger partial charge in [0.25, 0.3) is 0 Å². The summed E-state index contributed by atoms with van der Waals surface area (Å²) in [5.74, 6) is 1.29. The Hall–Kier alpha value is -2.14. The second kappa shape index (κ2) is 5.46. The molecule has 1 aromatic carbocycles. The van der Waals surface area contributed by atoms with Crippen LogP contribution in [0, 0.1) is 6.92 Å². The van der Waals surface area contributed by atoms with Crippen molar-refractivity contribution in [3.63, 3.8) is 0 Å². The summed E-state index contributed by atoms with van der Waals surface area (Å²) >= 11 is 1.56. The molecule has 3 rings (SSSR count). The first-order valence-corrected chi connectivity index (χ1v) is 7.26. The number of fused-ring (bicyclic) bond motifs is 1. The van der Waals surface area contributed by atoms with E-state index in [2.05, 4.69) is 21.0 Å². The summed E-state index contributed by atoms with van der Waals surface area (Å²) < 4.78 is 0. The van der Waals surface area contributed by atoms with Gasteiger partial charge in [-0.3, -0.25) is 0 Å². The fourth-order valence-corrected chi connectivity index (χ4v) is 2.66. The molecule has 0 aliphatic rings. The SMILES string of the molecule is Cc1cnc(SCc2cc3ccccc3nc2N)nc1. The number of para-hydroxylation sites is 1. The lowest BCUT2D eigenvalue weighted by atomic mass is 10.1. The van der Waals surface area contributed by atoms with E-state index in [0.29, 0.717) is 11.6 Å². The Morgan fingerprint density at radius 1 is 1.15 bits per heavy atom. The Morgan fingerprint density at radius 3 is 2.70 bits per heavy atom. The molecule has 2 N–H and O–H groups in total. The van der Waals surface area contributed by atoms with Crippen molar-refractivity contribution in [1.29, 1.82) is 0 Å². The minimum Gasteiger partial charge on any atom is -0.383 e. The van der Waals surface area contributed by atoms with Crippen LogP contribution in [0.4, 0.5) is 5.82 Å². The summed E-state index contributed by atoms with van der Waals surface area (Å²) in [6.45, 7) is 1.97. The minimum absolute atomic E-state index is 0.573. The fourth-order valence-electron chi connectivity index (χ4n) is 1.89.